The number of unbranched alkanes of at least 4 members (excludes halogenated alkanes) is 11. The third kappa shape index (κ3) is 9.71. The largest absolute Gasteiger partial charge is 0.434 e. The summed E-state index contributed by atoms with van der Waals surface area (Å²) in [4.78, 5) is 42.2. The number of aromatic amines is 1. The number of hydrogen-bond donors (Lipinski definition) is 1. The Bertz CT molecular complexity index is 687. The fourth-order valence-corrected chi connectivity index (χ4v) is 2.94. The summed E-state index contributed by atoms with van der Waals surface area (Å²) >= 11 is 0. The van der Waals surface area contributed by atoms with E-state index in [0.717, 1.165) is 19.3 Å². The lowest BCUT2D eigenvalue weighted by molar-refractivity contribution is 0.0922. The predicted molar refractivity (Wildman–Crippen MR) is 107 cm³/mol. The minimum absolute atomic E-state index is 0.387. The van der Waals surface area contributed by atoms with Crippen molar-refractivity contribution >= 4 is 6.09 Å². The Morgan fingerprint density at radius 2 is 1.50 bits per heavy atom. The highest BCUT2D eigenvalue weighted by Gasteiger charge is 2.13. The van der Waals surface area contributed by atoms with Crippen LogP contribution in [0.1, 0.15) is 84.0 Å². The molecule has 0 atom stereocenters. The van der Waals surface area contributed by atoms with E-state index in [1.165, 1.54) is 62.7 Å². The normalized spacial score (nSPS) is 10.8. The van der Waals surface area contributed by atoms with Gasteiger partial charge in [0.2, 0.25) is 5.82 Å². The zero-order chi connectivity index (χ0) is 20.8. The number of carbonyl (C=O) groups excluding carboxylic acids is 1. The van der Waals surface area contributed by atoms with E-state index < -0.39 is 23.2 Å². The van der Waals surface area contributed by atoms with Crippen molar-refractivity contribution in [3.05, 3.63) is 32.9 Å². The molecule has 0 unspecified atom stereocenters. The average Bonchev–Trinajstić information content (AvgIpc) is 2.66. The Labute approximate surface area is 165 Å². The zero-order valence-electron chi connectivity index (χ0n) is 17.2. The average molecular weight is 400 g/mol. The van der Waals surface area contributed by atoms with Gasteiger partial charge in [-0.05, 0) is 6.42 Å². The van der Waals surface area contributed by atoms with Crippen LogP contribution >= 0.6 is 0 Å². The number of rotatable bonds is 14. The van der Waals surface area contributed by atoms with Gasteiger partial charge in [-0.3, -0.25) is 9.78 Å². The summed E-state index contributed by atoms with van der Waals surface area (Å²) in [5.74, 6) is -1.20. The maximum Gasteiger partial charge on any atom is 0.434 e. The summed E-state index contributed by atoms with van der Waals surface area (Å²) in [6.45, 7) is 2.71. The molecule has 0 saturated heterocycles. The molecule has 0 fully saturated rings. The maximum atomic E-state index is 13.2. The smallest absolute Gasteiger partial charge is 0.312 e. The second-order valence-electron chi connectivity index (χ2n) is 7.23. The van der Waals surface area contributed by atoms with Crippen LogP contribution < -0.4 is 16.1 Å². The Morgan fingerprint density at radius 3 is 2.04 bits per heavy atom. The molecule has 0 aliphatic rings. The van der Waals surface area contributed by atoms with Gasteiger partial charge < -0.3 is 9.74 Å². The Hall–Kier alpha value is -2.12. The molecule has 0 bridgehead atoms. The quantitative estimate of drug-likeness (QED) is 0.482. The lowest BCUT2D eigenvalue weighted by atomic mass is 10.1. The summed E-state index contributed by atoms with van der Waals surface area (Å²) in [7, 11) is 1.55. The third-order valence-electron chi connectivity index (χ3n) is 4.70. The summed E-state index contributed by atoms with van der Waals surface area (Å²) < 4.78 is 13.6. The molecule has 28 heavy (non-hydrogen) atoms. The molecule has 0 radical (unpaired) electrons. The number of amides is 1. The van der Waals surface area contributed by atoms with E-state index >= 15 is 0 Å². The van der Waals surface area contributed by atoms with E-state index in [2.05, 4.69) is 6.92 Å². The van der Waals surface area contributed by atoms with Crippen molar-refractivity contribution in [2.75, 3.05) is 13.6 Å². The molecule has 7 nitrogen and oxygen atoms in total. The molecular weight excluding hydrogens is 365 g/mol. The fourth-order valence-electron chi connectivity index (χ4n) is 2.94. The van der Waals surface area contributed by atoms with Gasteiger partial charge >= 0.3 is 11.8 Å². The molecule has 1 N–H and O–H groups in total. The first-order chi connectivity index (χ1) is 13.5. The van der Waals surface area contributed by atoms with Crippen LogP contribution in [0.2, 0.25) is 0 Å². The summed E-state index contributed by atoms with van der Waals surface area (Å²) in [5.41, 5.74) is -2.15. The molecule has 1 aromatic rings. The molecule has 1 heterocycles. The highest BCUT2D eigenvalue weighted by Crippen LogP contribution is 2.12. The van der Waals surface area contributed by atoms with Gasteiger partial charge in [0, 0.05) is 13.6 Å². The number of aromatic nitrogens is 2. The van der Waals surface area contributed by atoms with E-state index in [9.17, 15) is 18.8 Å². The first kappa shape index (κ1) is 23.9. The molecule has 0 spiro atoms. The van der Waals surface area contributed by atoms with E-state index in [4.69, 9.17) is 4.84 Å². The number of nitrogens with one attached hydrogen (secondary N) is 1. The Balaban J connectivity index is 2.09. The van der Waals surface area contributed by atoms with Crippen molar-refractivity contribution in [1.29, 1.82) is 0 Å². The van der Waals surface area contributed by atoms with E-state index in [-0.39, 0.29) is 0 Å². The van der Waals surface area contributed by atoms with E-state index in [1.54, 1.807) is 12.0 Å². The van der Waals surface area contributed by atoms with Gasteiger partial charge in [0.25, 0.3) is 5.56 Å². The molecule has 160 valence electrons. The van der Waals surface area contributed by atoms with Crippen LogP contribution in [0.15, 0.2) is 15.8 Å². The van der Waals surface area contributed by atoms with Gasteiger partial charge in [-0.25, -0.2) is 9.59 Å². The fraction of sp³-hybridized carbons (Fsp3) is 0.750. The molecule has 1 rings (SSSR count). The molecule has 8 heteroatoms. The molecule has 1 amide bonds. The highest BCUT2D eigenvalue weighted by atomic mass is 19.1. The topological polar surface area (TPSA) is 84.4 Å². The first-order valence-electron chi connectivity index (χ1n) is 10.4. The van der Waals surface area contributed by atoms with Crippen LogP contribution in [-0.4, -0.2) is 34.3 Å². The number of H-pyrrole nitrogens is 1. The summed E-state index contributed by atoms with van der Waals surface area (Å²) in [6.07, 6.45) is 14.5. The van der Waals surface area contributed by atoms with Crippen LogP contribution in [0.4, 0.5) is 9.18 Å². The first-order valence-corrected chi connectivity index (χ1v) is 10.4. The maximum absolute atomic E-state index is 13.2. The summed E-state index contributed by atoms with van der Waals surface area (Å²) in [6, 6.07) is 0. The van der Waals surface area contributed by atoms with E-state index in [1.807, 2.05) is 0 Å². The standard InChI is InChI=1S/C20H34FN3O4/c1-3-4-5-6-7-8-9-10-11-12-13-14-15-23(2)20(27)28-24-16-17(21)18(25)22-19(24)26/h16H,3-15H2,1-2H3,(H,22,25,26). The van der Waals surface area contributed by atoms with Crippen LogP contribution in [-0.2, 0) is 0 Å². The van der Waals surface area contributed by atoms with Crippen LogP contribution in [0.25, 0.3) is 0 Å². The second kappa shape index (κ2) is 14.0. The van der Waals surface area contributed by atoms with Crippen LogP contribution in [0.3, 0.4) is 0 Å². The van der Waals surface area contributed by atoms with Crippen molar-refractivity contribution in [3.8, 4) is 0 Å². The molecule has 0 aromatic carbocycles. The molecule has 0 aliphatic carbocycles. The van der Waals surface area contributed by atoms with Crippen molar-refractivity contribution in [2.45, 2.75) is 84.0 Å². The molecule has 0 saturated carbocycles. The molecule has 0 aliphatic heterocycles. The SMILES string of the molecule is CCCCCCCCCCCCCCN(C)C(=O)On1cc(F)c(=O)[nH]c1=O. The lowest BCUT2D eigenvalue weighted by Gasteiger charge is -2.16. The number of carbonyl (C=O) groups is 1. The number of nitrogens with zero attached hydrogens (tertiary/aromatic N) is 2. The lowest BCUT2D eigenvalue weighted by Crippen LogP contribution is -2.41. The summed E-state index contributed by atoms with van der Waals surface area (Å²) in [5, 5.41) is 0. The monoisotopic (exact) mass is 399 g/mol. The van der Waals surface area contributed by atoms with Gasteiger partial charge in [-0.1, -0.05) is 77.6 Å². The second-order valence-corrected chi connectivity index (χ2v) is 7.23. The Kier molecular flexibility index (Phi) is 11.9. The highest BCUT2D eigenvalue weighted by molar-refractivity contribution is 5.67. The van der Waals surface area contributed by atoms with Gasteiger partial charge in [0.15, 0.2) is 0 Å². The number of halogens is 1. The van der Waals surface area contributed by atoms with Crippen molar-refractivity contribution in [3.63, 3.8) is 0 Å². The van der Waals surface area contributed by atoms with Crippen LogP contribution in [0, 0.1) is 5.82 Å². The molecule has 1 aromatic heterocycles. The zero-order valence-corrected chi connectivity index (χ0v) is 17.2. The Morgan fingerprint density at radius 1 is 1.00 bits per heavy atom. The third-order valence-corrected chi connectivity index (χ3v) is 4.70. The van der Waals surface area contributed by atoms with Gasteiger partial charge in [0.05, 0.1) is 6.20 Å². The van der Waals surface area contributed by atoms with Gasteiger partial charge in [-0.2, -0.15) is 4.39 Å². The van der Waals surface area contributed by atoms with Crippen molar-refractivity contribution in [2.24, 2.45) is 0 Å². The van der Waals surface area contributed by atoms with Gasteiger partial charge in [0.1, 0.15) is 0 Å². The number of hydrogen-bond acceptors (Lipinski definition) is 4. The predicted octanol–water partition coefficient (Wildman–Crippen LogP) is 3.86. The van der Waals surface area contributed by atoms with Gasteiger partial charge in [-0.15, -0.1) is 4.73 Å². The van der Waals surface area contributed by atoms with Crippen molar-refractivity contribution < 1.29 is 14.0 Å². The molecular formula is C20H34FN3O4. The van der Waals surface area contributed by atoms with Crippen LogP contribution in [0.5, 0.6) is 0 Å². The van der Waals surface area contributed by atoms with Crippen molar-refractivity contribution in [1.82, 2.24) is 14.6 Å². The minimum atomic E-state index is -1.20. The van der Waals surface area contributed by atoms with E-state index in [0.29, 0.717) is 17.5 Å². The minimum Gasteiger partial charge on any atom is -0.312 e.